The fourth-order valence-electron chi connectivity index (χ4n) is 2.48. The van der Waals surface area contributed by atoms with E-state index in [1.54, 1.807) is 25.1 Å². The first kappa shape index (κ1) is 15.4. The molecule has 112 valence electrons. The lowest BCUT2D eigenvalue weighted by Gasteiger charge is -2.34. The number of rotatable bonds is 5. The average molecular weight is 291 g/mol. The Morgan fingerprint density at radius 2 is 1.86 bits per heavy atom. The summed E-state index contributed by atoms with van der Waals surface area (Å²) < 4.78 is 27.0. The van der Waals surface area contributed by atoms with Gasteiger partial charge in [-0.15, -0.1) is 0 Å². The van der Waals surface area contributed by atoms with Crippen molar-refractivity contribution in [3.8, 4) is 0 Å². The standard InChI is InChI=1S/C17H19F2NO/c1-3-17(11-21,13-5-4-6-14(18)9-13)20-16-8-12(2)7-15(19)10-16/h4-10,20-21H,3,11H2,1-2H3. The number of anilines is 1. The molecule has 2 N–H and O–H groups in total. The molecule has 1 unspecified atom stereocenters. The first-order valence-electron chi connectivity index (χ1n) is 6.91. The molecule has 2 aromatic carbocycles. The van der Waals surface area contributed by atoms with Gasteiger partial charge in [-0.2, -0.15) is 0 Å². The highest BCUT2D eigenvalue weighted by Crippen LogP contribution is 2.30. The van der Waals surface area contributed by atoms with Crippen molar-refractivity contribution in [2.75, 3.05) is 11.9 Å². The molecule has 0 saturated carbocycles. The van der Waals surface area contributed by atoms with Crippen LogP contribution < -0.4 is 5.32 Å². The second-order valence-corrected chi connectivity index (χ2v) is 5.25. The molecule has 0 bridgehead atoms. The molecule has 0 heterocycles. The molecule has 0 aliphatic carbocycles. The Kier molecular flexibility index (Phi) is 4.58. The van der Waals surface area contributed by atoms with E-state index < -0.39 is 5.54 Å². The van der Waals surface area contributed by atoms with E-state index in [4.69, 9.17) is 0 Å². The van der Waals surface area contributed by atoms with Crippen molar-refractivity contribution < 1.29 is 13.9 Å². The molecule has 2 aromatic rings. The molecule has 0 aliphatic rings. The summed E-state index contributed by atoms with van der Waals surface area (Å²) >= 11 is 0. The topological polar surface area (TPSA) is 32.3 Å². The molecule has 1 atom stereocenters. The second kappa shape index (κ2) is 6.22. The van der Waals surface area contributed by atoms with Crippen molar-refractivity contribution in [2.45, 2.75) is 25.8 Å². The number of aliphatic hydroxyl groups is 1. The molecule has 4 heteroatoms. The third-order valence-electron chi connectivity index (χ3n) is 3.68. The van der Waals surface area contributed by atoms with Gasteiger partial charge < -0.3 is 10.4 Å². The number of hydrogen-bond acceptors (Lipinski definition) is 2. The molecule has 0 aliphatic heterocycles. The van der Waals surface area contributed by atoms with E-state index in [2.05, 4.69) is 5.32 Å². The van der Waals surface area contributed by atoms with E-state index in [0.29, 0.717) is 17.7 Å². The van der Waals surface area contributed by atoms with Crippen LogP contribution in [0.25, 0.3) is 0 Å². The smallest absolute Gasteiger partial charge is 0.125 e. The Morgan fingerprint density at radius 3 is 2.43 bits per heavy atom. The van der Waals surface area contributed by atoms with Crippen molar-refractivity contribution in [3.63, 3.8) is 0 Å². The maximum atomic E-state index is 13.5. The van der Waals surface area contributed by atoms with Crippen molar-refractivity contribution in [3.05, 3.63) is 65.2 Å². The van der Waals surface area contributed by atoms with Crippen LogP contribution in [0.5, 0.6) is 0 Å². The lowest BCUT2D eigenvalue weighted by atomic mass is 9.87. The number of hydrogen-bond donors (Lipinski definition) is 2. The molecule has 2 rings (SSSR count). The summed E-state index contributed by atoms with van der Waals surface area (Å²) in [7, 11) is 0. The van der Waals surface area contributed by atoms with Gasteiger partial charge in [0, 0.05) is 5.69 Å². The monoisotopic (exact) mass is 291 g/mol. The predicted octanol–water partition coefficient (Wildman–Crippen LogP) is 3.98. The number of aryl methyl sites for hydroxylation is 1. The fourth-order valence-corrected chi connectivity index (χ4v) is 2.48. The highest BCUT2D eigenvalue weighted by molar-refractivity contribution is 5.50. The molecule has 0 amide bonds. The molecule has 0 aromatic heterocycles. The Morgan fingerprint density at radius 1 is 1.10 bits per heavy atom. The van der Waals surface area contributed by atoms with Crippen molar-refractivity contribution >= 4 is 5.69 Å². The number of benzene rings is 2. The van der Waals surface area contributed by atoms with Gasteiger partial charge in [0.15, 0.2) is 0 Å². The minimum absolute atomic E-state index is 0.220. The van der Waals surface area contributed by atoms with Crippen LogP contribution in [0.15, 0.2) is 42.5 Å². The molecule has 2 nitrogen and oxygen atoms in total. The minimum Gasteiger partial charge on any atom is -0.394 e. The summed E-state index contributed by atoms with van der Waals surface area (Å²) in [4.78, 5) is 0. The summed E-state index contributed by atoms with van der Waals surface area (Å²) in [6, 6.07) is 10.7. The first-order valence-corrected chi connectivity index (χ1v) is 6.91. The van der Waals surface area contributed by atoms with E-state index in [1.165, 1.54) is 24.3 Å². The van der Waals surface area contributed by atoms with Crippen molar-refractivity contribution in [2.24, 2.45) is 0 Å². The Labute approximate surface area is 123 Å². The molecule has 21 heavy (non-hydrogen) atoms. The second-order valence-electron chi connectivity index (χ2n) is 5.25. The SMILES string of the molecule is CCC(CO)(Nc1cc(C)cc(F)c1)c1cccc(F)c1. The summed E-state index contributed by atoms with van der Waals surface area (Å²) in [5.41, 5.74) is 1.13. The molecular formula is C17H19F2NO. The van der Waals surface area contributed by atoms with Gasteiger partial charge in [-0.25, -0.2) is 8.78 Å². The van der Waals surface area contributed by atoms with E-state index in [9.17, 15) is 13.9 Å². The van der Waals surface area contributed by atoms with Gasteiger partial charge in [0.25, 0.3) is 0 Å². The van der Waals surface area contributed by atoms with E-state index >= 15 is 0 Å². The largest absolute Gasteiger partial charge is 0.394 e. The van der Waals surface area contributed by atoms with Crippen LogP contribution >= 0.6 is 0 Å². The van der Waals surface area contributed by atoms with E-state index in [-0.39, 0.29) is 18.2 Å². The maximum Gasteiger partial charge on any atom is 0.125 e. The highest BCUT2D eigenvalue weighted by atomic mass is 19.1. The third-order valence-corrected chi connectivity index (χ3v) is 3.68. The zero-order chi connectivity index (χ0) is 15.5. The minimum atomic E-state index is -0.845. The Hall–Kier alpha value is -1.94. The normalized spacial score (nSPS) is 13.8. The van der Waals surface area contributed by atoms with Crippen LogP contribution in [0.2, 0.25) is 0 Å². The summed E-state index contributed by atoms with van der Waals surface area (Å²) in [6.07, 6.45) is 0.530. The maximum absolute atomic E-state index is 13.5. The van der Waals surface area contributed by atoms with Crippen molar-refractivity contribution in [1.82, 2.24) is 0 Å². The number of halogens is 2. The van der Waals surface area contributed by atoms with E-state index in [0.717, 1.165) is 5.56 Å². The van der Waals surface area contributed by atoms with Gasteiger partial charge in [0.05, 0.1) is 12.1 Å². The predicted molar refractivity (Wildman–Crippen MR) is 80.2 cm³/mol. The summed E-state index contributed by atoms with van der Waals surface area (Å²) in [5.74, 6) is -0.712. The first-order chi connectivity index (χ1) is 9.99. The average Bonchev–Trinajstić information content (AvgIpc) is 2.44. The summed E-state index contributed by atoms with van der Waals surface area (Å²) in [5, 5.41) is 13.0. The third kappa shape index (κ3) is 3.39. The highest BCUT2D eigenvalue weighted by Gasteiger charge is 2.30. The Bertz CT molecular complexity index is 604. The molecular weight excluding hydrogens is 272 g/mol. The zero-order valence-electron chi connectivity index (χ0n) is 12.2. The van der Waals surface area contributed by atoms with Gasteiger partial charge in [0.2, 0.25) is 0 Å². The van der Waals surface area contributed by atoms with Crippen LogP contribution in [0.3, 0.4) is 0 Å². The van der Waals surface area contributed by atoms with Crippen LogP contribution in [-0.4, -0.2) is 11.7 Å². The molecule has 0 radical (unpaired) electrons. The van der Waals surface area contributed by atoms with Gasteiger partial charge in [-0.1, -0.05) is 19.1 Å². The number of aliphatic hydroxyl groups excluding tert-OH is 1. The van der Waals surface area contributed by atoms with Crippen LogP contribution in [0.4, 0.5) is 14.5 Å². The van der Waals surface area contributed by atoms with Gasteiger partial charge in [-0.3, -0.25) is 0 Å². The van der Waals surface area contributed by atoms with Crippen molar-refractivity contribution in [1.29, 1.82) is 0 Å². The quantitative estimate of drug-likeness (QED) is 0.873. The fraction of sp³-hybridized carbons (Fsp3) is 0.294. The zero-order valence-corrected chi connectivity index (χ0v) is 12.2. The van der Waals surface area contributed by atoms with Gasteiger partial charge in [-0.05, 0) is 54.8 Å². The summed E-state index contributed by atoms with van der Waals surface area (Å²) in [6.45, 7) is 3.46. The van der Waals surface area contributed by atoms with Crippen LogP contribution in [0, 0.1) is 18.6 Å². The number of nitrogens with one attached hydrogen (secondary N) is 1. The van der Waals surface area contributed by atoms with Crippen LogP contribution in [0.1, 0.15) is 24.5 Å². The molecule has 0 saturated heterocycles. The lowest BCUT2D eigenvalue weighted by molar-refractivity contribution is 0.207. The Balaban J connectivity index is 2.42. The van der Waals surface area contributed by atoms with Gasteiger partial charge in [0.1, 0.15) is 11.6 Å². The molecule has 0 spiro atoms. The van der Waals surface area contributed by atoms with E-state index in [1.807, 2.05) is 6.92 Å². The molecule has 0 fully saturated rings. The lowest BCUT2D eigenvalue weighted by Crippen LogP contribution is -2.38. The van der Waals surface area contributed by atoms with Gasteiger partial charge >= 0.3 is 0 Å². The van der Waals surface area contributed by atoms with Crippen LogP contribution in [-0.2, 0) is 5.54 Å².